The van der Waals surface area contributed by atoms with Crippen LogP contribution in [0, 0.1) is 13.7 Å². The van der Waals surface area contributed by atoms with Gasteiger partial charge >= 0.3 is 0 Å². The van der Waals surface area contributed by atoms with Gasteiger partial charge in [0.25, 0.3) is 5.69 Å². The van der Waals surface area contributed by atoms with Crippen LogP contribution in [0.25, 0.3) is 0 Å². The van der Waals surface area contributed by atoms with Crippen molar-refractivity contribution in [2.75, 3.05) is 5.43 Å². The number of ether oxygens (including phenoxy) is 1. The lowest BCUT2D eigenvalue weighted by molar-refractivity contribution is -0.385. The number of anilines is 1. The van der Waals surface area contributed by atoms with E-state index in [2.05, 4.69) is 54.0 Å². The molecule has 1 heterocycles. The van der Waals surface area contributed by atoms with E-state index < -0.39 is 4.92 Å². The molecule has 2 aromatic carbocycles. The van der Waals surface area contributed by atoms with E-state index in [9.17, 15) is 10.1 Å². The first kappa shape index (κ1) is 22.7. The minimum Gasteiger partial charge on any atom is -0.487 e. The molecule has 11 heteroatoms. The van der Waals surface area contributed by atoms with Gasteiger partial charge in [-0.25, -0.2) is 4.98 Å². The molecule has 0 spiro atoms. The number of rotatable bonds is 7. The highest BCUT2D eigenvalue weighted by molar-refractivity contribution is 14.1. The Morgan fingerprint density at radius 2 is 2.07 bits per heavy atom. The van der Waals surface area contributed by atoms with Crippen LogP contribution in [0.1, 0.15) is 11.1 Å². The van der Waals surface area contributed by atoms with Crippen molar-refractivity contribution in [1.82, 2.24) is 4.98 Å². The van der Waals surface area contributed by atoms with Gasteiger partial charge in [-0.1, -0.05) is 29.3 Å². The molecule has 0 amide bonds. The van der Waals surface area contributed by atoms with E-state index in [4.69, 9.17) is 27.9 Å². The van der Waals surface area contributed by atoms with Gasteiger partial charge in [0.15, 0.2) is 0 Å². The van der Waals surface area contributed by atoms with Crippen molar-refractivity contribution in [3.05, 3.63) is 88.0 Å². The Labute approximate surface area is 203 Å². The highest BCUT2D eigenvalue weighted by Gasteiger charge is 2.10. The van der Waals surface area contributed by atoms with E-state index in [1.54, 1.807) is 18.3 Å². The number of hydrogen-bond acceptors (Lipinski definition) is 6. The molecule has 0 unspecified atom stereocenters. The molecular weight excluding hydrogens is 610 g/mol. The Hall–Kier alpha value is -1.95. The molecule has 0 aliphatic heterocycles. The normalized spacial score (nSPS) is 10.9. The maximum atomic E-state index is 10.6. The summed E-state index contributed by atoms with van der Waals surface area (Å²) in [4.78, 5) is 14.1. The lowest BCUT2D eigenvalue weighted by atomic mass is 10.2. The summed E-state index contributed by atoms with van der Waals surface area (Å²) in [5.74, 6) is 1.08. The Bertz CT molecular complexity index is 1090. The fraction of sp³-hybridized carbons (Fsp3) is 0.0526. The van der Waals surface area contributed by atoms with Gasteiger partial charge in [0.05, 0.1) is 19.2 Å². The first-order valence-corrected chi connectivity index (χ1v) is 10.9. The average molecular weight is 622 g/mol. The first-order chi connectivity index (χ1) is 14.3. The van der Waals surface area contributed by atoms with Gasteiger partial charge in [-0.3, -0.25) is 15.5 Å². The number of hydrogen-bond donors (Lipinski definition) is 1. The third-order valence-corrected chi connectivity index (χ3v) is 5.74. The molecule has 30 heavy (non-hydrogen) atoms. The summed E-state index contributed by atoms with van der Waals surface area (Å²) in [5, 5.41) is 15.9. The second kappa shape index (κ2) is 10.4. The van der Waals surface area contributed by atoms with Crippen molar-refractivity contribution >= 4 is 79.4 Å². The molecule has 3 aromatic rings. The number of benzene rings is 2. The summed E-state index contributed by atoms with van der Waals surface area (Å²) < 4.78 is 7.56. The molecule has 1 aromatic heterocycles. The minimum atomic E-state index is -0.510. The minimum absolute atomic E-state index is 0.0847. The van der Waals surface area contributed by atoms with Crippen molar-refractivity contribution in [1.29, 1.82) is 0 Å². The van der Waals surface area contributed by atoms with E-state index in [-0.39, 0.29) is 5.69 Å². The molecule has 0 saturated carbocycles. The van der Waals surface area contributed by atoms with Gasteiger partial charge in [0.1, 0.15) is 24.4 Å². The number of nitro groups is 1. The number of nitrogens with one attached hydrogen (secondary N) is 1. The average Bonchev–Trinajstić information content (AvgIpc) is 2.69. The second-order valence-electron chi connectivity index (χ2n) is 5.87. The summed E-state index contributed by atoms with van der Waals surface area (Å²) in [5.41, 5.74) is 4.29. The van der Waals surface area contributed by atoms with Crippen LogP contribution in [-0.2, 0) is 6.61 Å². The summed E-state index contributed by atoms with van der Waals surface area (Å²) >= 11 is 17.8. The molecule has 0 radical (unpaired) electrons. The third-order valence-electron chi connectivity index (χ3n) is 3.76. The molecule has 0 aliphatic carbocycles. The van der Waals surface area contributed by atoms with E-state index >= 15 is 0 Å². The molecule has 3 rings (SSSR count). The summed E-state index contributed by atoms with van der Waals surface area (Å²) in [6, 6.07) is 11.8. The Balaban J connectivity index is 1.66. The van der Waals surface area contributed by atoms with Gasteiger partial charge in [-0.15, -0.1) is 0 Å². The van der Waals surface area contributed by atoms with Crippen LogP contribution in [0.5, 0.6) is 5.75 Å². The van der Waals surface area contributed by atoms with Crippen LogP contribution >= 0.6 is 61.7 Å². The largest absolute Gasteiger partial charge is 0.487 e. The molecule has 0 bridgehead atoms. The smallest absolute Gasteiger partial charge is 0.287 e. The molecule has 0 fully saturated rings. The van der Waals surface area contributed by atoms with Crippen LogP contribution in [0.15, 0.2) is 58.2 Å². The van der Waals surface area contributed by atoms with E-state index in [0.29, 0.717) is 28.2 Å². The summed E-state index contributed by atoms with van der Waals surface area (Å²) in [6.45, 7) is 0.297. The molecular formula is C19H12BrCl2IN4O3. The number of aromatic nitrogens is 1. The van der Waals surface area contributed by atoms with Crippen LogP contribution in [0.3, 0.4) is 0 Å². The zero-order valence-corrected chi connectivity index (χ0v) is 20.2. The zero-order valence-electron chi connectivity index (χ0n) is 15.0. The van der Waals surface area contributed by atoms with Crippen molar-refractivity contribution in [2.45, 2.75) is 6.61 Å². The predicted molar refractivity (Wildman–Crippen MR) is 130 cm³/mol. The van der Waals surface area contributed by atoms with Gasteiger partial charge in [0.2, 0.25) is 0 Å². The highest BCUT2D eigenvalue weighted by Crippen LogP contribution is 2.33. The molecule has 7 nitrogen and oxygen atoms in total. The number of nitrogens with zero attached hydrogens (tertiary/aromatic N) is 3. The molecule has 154 valence electrons. The maximum absolute atomic E-state index is 10.6. The Morgan fingerprint density at radius 1 is 1.27 bits per heavy atom. The topological polar surface area (TPSA) is 89.7 Å². The van der Waals surface area contributed by atoms with Gasteiger partial charge in [-0.2, -0.15) is 5.10 Å². The van der Waals surface area contributed by atoms with Crippen molar-refractivity contribution in [3.63, 3.8) is 0 Å². The fourth-order valence-corrected chi connectivity index (χ4v) is 4.55. The van der Waals surface area contributed by atoms with Crippen LogP contribution in [0.4, 0.5) is 11.5 Å². The lowest BCUT2D eigenvalue weighted by Crippen LogP contribution is -2.00. The van der Waals surface area contributed by atoms with Crippen LogP contribution in [0.2, 0.25) is 10.0 Å². The monoisotopic (exact) mass is 620 g/mol. The summed E-state index contributed by atoms with van der Waals surface area (Å²) in [6.07, 6.45) is 2.77. The van der Waals surface area contributed by atoms with Crippen molar-refractivity contribution in [3.8, 4) is 5.75 Å². The molecule has 0 aliphatic rings. The number of pyridine rings is 1. The van der Waals surface area contributed by atoms with Gasteiger partial charge in [-0.05, 0) is 74.4 Å². The SMILES string of the molecule is O=[N+]([O-])c1ccc(N/N=C/c2cc(Br)c(OCc3ccc(Cl)cc3Cl)c(I)c2)nc1. The molecule has 0 saturated heterocycles. The third kappa shape index (κ3) is 6.03. The Kier molecular flexibility index (Phi) is 7.87. The zero-order chi connectivity index (χ0) is 21.7. The maximum Gasteiger partial charge on any atom is 0.287 e. The molecule has 1 N–H and O–H groups in total. The van der Waals surface area contributed by atoms with Gasteiger partial charge in [0, 0.05) is 21.7 Å². The van der Waals surface area contributed by atoms with Gasteiger partial charge < -0.3 is 4.74 Å². The van der Waals surface area contributed by atoms with E-state index in [1.807, 2.05) is 18.2 Å². The molecule has 0 atom stereocenters. The number of halogens is 4. The lowest BCUT2D eigenvalue weighted by Gasteiger charge is -2.12. The highest BCUT2D eigenvalue weighted by atomic mass is 127. The fourth-order valence-electron chi connectivity index (χ4n) is 2.31. The van der Waals surface area contributed by atoms with Crippen molar-refractivity contribution in [2.24, 2.45) is 5.10 Å². The van der Waals surface area contributed by atoms with E-state index in [1.165, 1.54) is 12.1 Å². The van der Waals surface area contributed by atoms with Crippen LogP contribution in [-0.4, -0.2) is 16.1 Å². The first-order valence-electron chi connectivity index (χ1n) is 8.29. The van der Waals surface area contributed by atoms with Crippen LogP contribution < -0.4 is 10.2 Å². The predicted octanol–water partition coefficient (Wildman–Crippen LogP) is 6.69. The standard InChI is InChI=1S/C19H12BrCl2IN4O3/c20-15-5-11(8-25-26-18-4-3-14(9-24-18)27(28)29)6-17(23)19(15)30-10-12-1-2-13(21)7-16(12)22/h1-9H,10H2,(H,24,26)/b25-8+. The Morgan fingerprint density at radius 3 is 2.70 bits per heavy atom. The summed E-state index contributed by atoms with van der Waals surface area (Å²) in [7, 11) is 0. The van der Waals surface area contributed by atoms with E-state index in [0.717, 1.165) is 25.4 Å². The van der Waals surface area contributed by atoms with Crippen molar-refractivity contribution < 1.29 is 9.66 Å². The second-order valence-corrected chi connectivity index (χ2v) is 8.73. The quantitative estimate of drug-likeness (QED) is 0.137. The number of hydrazone groups is 1.